The first kappa shape index (κ1) is 16.9. The van der Waals surface area contributed by atoms with Crippen LogP contribution in [0.1, 0.15) is 12.5 Å². The molecular weight excluding hydrogens is 291 g/mol. The SMILES string of the molecule is CN=C/C=C\C=C(/C)c1cccc(-c2ccccc2)c1B(F)F. The van der Waals surface area contributed by atoms with E-state index in [0.29, 0.717) is 11.1 Å². The summed E-state index contributed by atoms with van der Waals surface area (Å²) in [4.78, 5) is 3.84. The Morgan fingerprint density at radius 2 is 1.74 bits per heavy atom. The van der Waals surface area contributed by atoms with Gasteiger partial charge < -0.3 is 0 Å². The molecule has 0 fully saturated rings. The van der Waals surface area contributed by atoms with Crippen LogP contribution in [0.5, 0.6) is 0 Å². The molecule has 0 saturated heterocycles. The van der Waals surface area contributed by atoms with Crippen molar-refractivity contribution in [2.24, 2.45) is 4.99 Å². The second-order valence-electron chi connectivity index (χ2n) is 5.08. The Balaban J connectivity index is 2.53. The number of allylic oxidation sites excluding steroid dienone is 4. The maximum Gasteiger partial charge on any atom is 0.573 e. The van der Waals surface area contributed by atoms with Crippen LogP contribution in [0.2, 0.25) is 0 Å². The van der Waals surface area contributed by atoms with Gasteiger partial charge in [0.2, 0.25) is 0 Å². The van der Waals surface area contributed by atoms with Crippen molar-refractivity contribution < 1.29 is 8.63 Å². The van der Waals surface area contributed by atoms with Crippen LogP contribution in [-0.2, 0) is 0 Å². The summed E-state index contributed by atoms with van der Waals surface area (Å²) >= 11 is 0. The topological polar surface area (TPSA) is 12.4 Å². The lowest BCUT2D eigenvalue weighted by Gasteiger charge is -2.13. The molecule has 0 spiro atoms. The van der Waals surface area contributed by atoms with Crippen molar-refractivity contribution >= 4 is 24.5 Å². The van der Waals surface area contributed by atoms with Gasteiger partial charge in [0.25, 0.3) is 0 Å². The van der Waals surface area contributed by atoms with Crippen molar-refractivity contribution in [3.63, 3.8) is 0 Å². The Hall–Kier alpha value is -2.49. The number of aliphatic imine (C=N–C) groups is 1. The van der Waals surface area contributed by atoms with E-state index in [1.807, 2.05) is 49.4 Å². The average molecular weight is 309 g/mol. The highest BCUT2D eigenvalue weighted by Crippen LogP contribution is 2.23. The van der Waals surface area contributed by atoms with Crippen LogP contribution in [0.25, 0.3) is 16.7 Å². The molecule has 116 valence electrons. The number of benzene rings is 2. The Labute approximate surface area is 136 Å². The molecule has 0 aliphatic heterocycles. The fraction of sp³-hybridized carbons (Fsp3) is 0.105. The number of halogens is 2. The van der Waals surface area contributed by atoms with Gasteiger partial charge in [0, 0.05) is 18.7 Å². The summed E-state index contributed by atoms with van der Waals surface area (Å²) in [6, 6.07) is 14.6. The van der Waals surface area contributed by atoms with Crippen molar-refractivity contribution in [1.82, 2.24) is 0 Å². The van der Waals surface area contributed by atoms with Gasteiger partial charge in [-0.25, -0.2) is 0 Å². The van der Waals surface area contributed by atoms with Crippen molar-refractivity contribution in [3.05, 3.63) is 72.3 Å². The monoisotopic (exact) mass is 309 g/mol. The predicted octanol–water partition coefficient (Wildman–Crippen LogP) is 4.65. The number of hydrogen-bond donors (Lipinski definition) is 0. The molecule has 2 rings (SSSR count). The quantitative estimate of drug-likeness (QED) is 0.433. The van der Waals surface area contributed by atoms with Gasteiger partial charge in [-0.1, -0.05) is 60.7 Å². The van der Waals surface area contributed by atoms with Gasteiger partial charge in [0.15, 0.2) is 0 Å². The fourth-order valence-corrected chi connectivity index (χ4v) is 2.44. The van der Waals surface area contributed by atoms with Crippen LogP contribution in [0, 0.1) is 0 Å². The van der Waals surface area contributed by atoms with Gasteiger partial charge in [0.1, 0.15) is 0 Å². The summed E-state index contributed by atoms with van der Waals surface area (Å²) in [5.41, 5.74) is 2.80. The number of nitrogens with zero attached hydrogens (tertiary/aromatic N) is 1. The van der Waals surface area contributed by atoms with Crippen LogP contribution >= 0.6 is 0 Å². The smallest absolute Gasteiger partial charge is 0.297 e. The van der Waals surface area contributed by atoms with E-state index < -0.39 is 7.27 Å². The first-order chi connectivity index (χ1) is 11.1. The standard InChI is InChI=1S/C19H18BF2N/c1-15(9-6-7-14-23-2)17-12-8-13-18(19(17)20(21)22)16-10-4-3-5-11-16/h3-14H,1-2H3/b7-6-,15-9+,23-14?. The molecule has 2 aromatic carbocycles. The van der Waals surface area contributed by atoms with Gasteiger partial charge in [-0.05, 0) is 35.3 Å². The van der Waals surface area contributed by atoms with Crippen LogP contribution in [0.3, 0.4) is 0 Å². The normalized spacial score (nSPS) is 12.3. The molecule has 0 aliphatic rings. The molecule has 4 heteroatoms. The predicted molar refractivity (Wildman–Crippen MR) is 96.7 cm³/mol. The highest BCUT2D eigenvalue weighted by atomic mass is 19.2. The summed E-state index contributed by atoms with van der Waals surface area (Å²) in [5.74, 6) is 0. The number of rotatable bonds is 5. The third kappa shape index (κ3) is 4.25. The Morgan fingerprint density at radius 3 is 2.39 bits per heavy atom. The van der Waals surface area contributed by atoms with Gasteiger partial charge in [-0.15, -0.1) is 0 Å². The molecule has 2 aromatic rings. The second kappa shape index (κ2) is 8.23. The van der Waals surface area contributed by atoms with Gasteiger partial charge in [0.05, 0.1) is 0 Å². The average Bonchev–Trinajstić information content (AvgIpc) is 2.58. The first-order valence-corrected chi connectivity index (χ1v) is 7.37. The lowest BCUT2D eigenvalue weighted by atomic mass is 9.75. The van der Waals surface area contributed by atoms with E-state index in [4.69, 9.17) is 0 Å². The largest absolute Gasteiger partial charge is 0.573 e. The minimum absolute atomic E-state index is 0.0741. The summed E-state index contributed by atoms with van der Waals surface area (Å²) in [6.07, 6.45) is 7.04. The van der Waals surface area contributed by atoms with E-state index in [1.54, 1.807) is 37.5 Å². The first-order valence-electron chi connectivity index (χ1n) is 7.37. The maximum absolute atomic E-state index is 13.7. The summed E-state index contributed by atoms with van der Waals surface area (Å²) in [6.45, 7) is 1.84. The molecule has 0 unspecified atom stereocenters. The van der Waals surface area contributed by atoms with Crippen molar-refractivity contribution in [3.8, 4) is 11.1 Å². The van der Waals surface area contributed by atoms with E-state index in [0.717, 1.165) is 11.1 Å². The molecule has 0 saturated carbocycles. The van der Waals surface area contributed by atoms with Crippen LogP contribution in [0.4, 0.5) is 8.63 Å². The zero-order valence-corrected chi connectivity index (χ0v) is 13.2. The Morgan fingerprint density at radius 1 is 1.00 bits per heavy atom. The van der Waals surface area contributed by atoms with Crippen LogP contribution in [-0.4, -0.2) is 20.5 Å². The van der Waals surface area contributed by atoms with E-state index in [1.165, 1.54) is 0 Å². The molecule has 0 aromatic heterocycles. The lowest BCUT2D eigenvalue weighted by molar-refractivity contribution is 0.685. The second-order valence-corrected chi connectivity index (χ2v) is 5.08. The summed E-state index contributed by atoms with van der Waals surface area (Å²) in [5, 5.41) is 0. The van der Waals surface area contributed by atoms with Crippen molar-refractivity contribution in [2.45, 2.75) is 6.92 Å². The molecule has 0 radical (unpaired) electrons. The summed E-state index contributed by atoms with van der Waals surface area (Å²) in [7, 11) is -0.856. The van der Waals surface area contributed by atoms with E-state index in [2.05, 4.69) is 4.99 Å². The zero-order chi connectivity index (χ0) is 16.7. The molecule has 0 N–H and O–H groups in total. The van der Waals surface area contributed by atoms with Crippen LogP contribution < -0.4 is 5.46 Å². The lowest BCUT2D eigenvalue weighted by Crippen LogP contribution is -2.26. The van der Waals surface area contributed by atoms with Gasteiger partial charge >= 0.3 is 7.27 Å². The highest BCUT2D eigenvalue weighted by molar-refractivity contribution is 6.63. The molecule has 0 aliphatic carbocycles. The summed E-state index contributed by atoms with van der Waals surface area (Å²) < 4.78 is 27.4. The zero-order valence-electron chi connectivity index (χ0n) is 13.2. The molecule has 0 bridgehead atoms. The molecule has 0 heterocycles. The minimum Gasteiger partial charge on any atom is -0.297 e. The molecule has 23 heavy (non-hydrogen) atoms. The Kier molecular flexibility index (Phi) is 6.04. The minimum atomic E-state index is -2.54. The molecule has 0 amide bonds. The van der Waals surface area contributed by atoms with Crippen molar-refractivity contribution in [1.29, 1.82) is 0 Å². The molecule has 1 nitrogen and oxygen atoms in total. The number of hydrogen-bond acceptors (Lipinski definition) is 1. The van der Waals surface area contributed by atoms with E-state index in [9.17, 15) is 8.63 Å². The maximum atomic E-state index is 13.7. The third-order valence-electron chi connectivity index (χ3n) is 3.53. The van der Waals surface area contributed by atoms with Gasteiger partial charge in [-0.2, -0.15) is 0 Å². The fourth-order valence-electron chi connectivity index (χ4n) is 2.44. The Bertz CT molecular complexity index is 734. The van der Waals surface area contributed by atoms with E-state index in [-0.39, 0.29) is 5.46 Å². The van der Waals surface area contributed by atoms with Crippen LogP contribution in [0.15, 0.2) is 71.8 Å². The molecular formula is C19H18BF2N. The van der Waals surface area contributed by atoms with Crippen molar-refractivity contribution in [2.75, 3.05) is 7.05 Å². The third-order valence-corrected chi connectivity index (χ3v) is 3.53. The van der Waals surface area contributed by atoms with Gasteiger partial charge in [-0.3, -0.25) is 13.6 Å². The van der Waals surface area contributed by atoms with E-state index >= 15 is 0 Å². The molecule has 0 atom stereocenters. The highest BCUT2D eigenvalue weighted by Gasteiger charge is 2.25.